The SMILES string of the molecule is C[C@@H](O)[C@H](N)/C=C/COCc1ccccc1. The van der Waals surface area contributed by atoms with Crippen LogP contribution in [0.2, 0.25) is 0 Å². The maximum atomic E-state index is 9.14. The highest BCUT2D eigenvalue weighted by atomic mass is 16.5. The summed E-state index contributed by atoms with van der Waals surface area (Å²) in [5.74, 6) is 0. The lowest BCUT2D eigenvalue weighted by Gasteiger charge is -2.08. The fourth-order valence-electron chi connectivity index (χ4n) is 1.19. The van der Waals surface area contributed by atoms with E-state index in [0.29, 0.717) is 13.2 Å². The van der Waals surface area contributed by atoms with Gasteiger partial charge in [-0.05, 0) is 12.5 Å². The molecule has 0 aromatic heterocycles. The molecular weight excluding hydrogens is 202 g/mol. The molecule has 0 unspecified atom stereocenters. The third-order valence-corrected chi connectivity index (χ3v) is 2.24. The molecule has 1 rings (SSSR count). The molecule has 0 spiro atoms. The van der Waals surface area contributed by atoms with Crippen molar-refractivity contribution in [2.24, 2.45) is 5.73 Å². The summed E-state index contributed by atoms with van der Waals surface area (Å²) in [6.45, 7) is 2.77. The monoisotopic (exact) mass is 221 g/mol. The van der Waals surface area contributed by atoms with Gasteiger partial charge in [-0.15, -0.1) is 0 Å². The van der Waals surface area contributed by atoms with Gasteiger partial charge in [-0.3, -0.25) is 0 Å². The van der Waals surface area contributed by atoms with E-state index in [1.165, 1.54) is 0 Å². The highest BCUT2D eigenvalue weighted by Crippen LogP contribution is 2.00. The van der Waals surface area contributed by atoms with Crippen LogP contribution >= 0.6 is 0 Å². The minimum Gasteiger partial charge on any atom is -0.391 e. The van der Waals surface area contributed by atoms with Crippen LogP contribution in [0.15, 0.2) is 42.5 Å². The molecule has 88 valence electrons. The van der Waals surface area contributed by atoms with Gasteiger partial charge in [0.2, 0.25) is 0 Å². The van der Waals surface area contributed by atoms with Gasteiger partial charge in [0.25, 0.3) is 0 Å². The van der Waals surface area contributed by atoms with E-state index in [0.717, 1.165) is 5.56 Å². The van der Waals surface area contributed by atoms with E-state index < -0.39 is 6.10 Å². The Morgan fingerprint density at radius 3 is 2.69 bits per heavy atom. The third kappa shape index (κ3) is 5.07. The van der Waals surface area contributed by atoms with E-state index in [-0.39, 0.29) is 6.04 Å². The van der Waals surface area contributed by atoms with E-state index >= 15 is 0 Å². The van der Waals surface area contributed by atoms with E-state index in [1.54, 1.807) is 13.0 Å². The van der Waals surface area contributed by atoms with Crippen molar-refractivity contribution in [2.75, 3.05) is 6.61 Å². The average Bonchev–Trinajstić information content (AvgIpc) is 2.29. The van der Waals surface area contributed by atoms with Gasteiger partial charge in [-0.25, -0.2) is 0 Å². The van der Waals surface area contributed by atoms with Crippen molar-refractivity contribution >= 4 is 0 Å². The van der Waals surface area contributed by atoms with Crippen molar-refractivity contribution in [2.45, 2.75) is 25.7 Å². The Balaban J connectivity index is 2.17. The number of rotatable bonds is 6. The van der Waals surface area contributed by atoms with Crippen molar-refractivity contribution in [3.63, 3.8) is 0 Å². The van der Waals surface area contributed by atoms with Crippen LogP contribution in [0.4, 0.5) is 0 Å². The number of aliphatic hydroxyl groups excluding tert-OH is 1. The maximum absolute atomic E-state index is 9.14. The first-order valence-electron chi connectivity index (χ1n) is 5.42. The van der Waals surface area contributed by atoms with Crippen LogP contribution in [0.25, 0.3) is 0 Å². The molecule has 0 amide bonds. The quantitative estimate of drug-likeness (QED) is 0.565. The molecule has 0 saturated heterocycles. The fourth-order valence-corrected chi connectivity index (χ4v) is 1.19. The van der Waals surface area contributed by atoms with Crippen LogP contribution in [-0.2, 0) is 11.3 Å². The Labute approximate surface area is 96.5 Å². The second kappa shape index (κ2) is 7.17. The minimum atomic E-state index is -0.523. The number of hydrogen-bond acceptors (Lipinski definition) is 3. The first-order valence-corrected chi connectivity index (χ1v) is 5.42. The Morgan fingerprint density at radius 2 is 2.06 bits per heavy atom. The fraction of sp³-hybridized carbons (Fsp3) is 0.385. The Morgan fingerprint density at radius 1 is 1.38 bits per heavy atom. The van der Waals surface area contributed by atoms with Gasteiger partial charge in [0.15, 0.2) is 0 Å². The lowest BCUT2D eigenvalue weighted by atomic mass is 10.2. The summed E-state index contributed by atoms with van der Waals surface area (Å²) in [4.78, 5) is 0. The predicted molar refractivity (Wildman–Crippen MR) is 64.9 cm³/mol. The highest BCUT2D eigenvalue weighted by Gasteiger charge is 2.02. The van der Waals surface area contributed by atoms with Crippen LogP contribution in [0.5, 0.6) is 0 Å². The molecule has 0 fully saturated rings. The second-order valence-corrected chi connectivity index (χ2v) is 3.75. The molecule has 0 bridgehead atoms. The Kier molecular flexibility index (Phi) is 5.78. The number of aliphatic hydroxyl groups is 1. The van der Waals surface area contributed by atoms with Gasteiger partial charge in [0.1, 0.15) is 0 Å². The molecule has 16 heavy (non-hydrogen) atoms. The van der Waals surface area contributed by atoms with Gasteiger partial charge in [0, 0.05) is 6.04 Å². The lowest BCUT2D eigenvalue weighted by Crippen LogP contribution is -2.29. The molecule has 0 aliphatic heterocycles. The number of hydrogen-bond donors (Lipinski definition) is 2. The van der Waals surface area contributed by atoms with Crippen molar-refractivity contribution < 1.29 is 9.84 Å². The van der Waals surface area contributed by atoms with Crippen molar-refractivity contribution in [1.82, 2.24) is 0 Å². The largest absolute Gasteiger partial charge is 0.391 e. The molecule has 1 aromatic rings. The van der Waals surface area contributed by atoms with Crippen LogP contribution in [0, 0.1) is 0 Å². The molecule has 1 aromatic carbocycles. The van der Waals surface area contributed by atoms with Crippen LogP contribution in [-0.4, -0.2) is 23.9 Å². The van der Waals surface area contributed by atoms with Gasteiger partial charge in [-0.1, -0.05) is 42.5 Å². The Bertz CT molecular complexity index is 309. The average molecular weight is 221 g/mol. The molecule has 0 radical (unpaired) electrons. The highest BCUT2D eigenvalue weighted by molar-refractivity contribution is 5.13. The normalized spacial score (nSPS) is 15.2. The number of ether oxygens (including phenoxy) is 1. The van der Waals surface area contributed by atoms with Gasteiger partial charge in [-0.2, -0.15) is 0 Å². The first-order chi connectivity index (χ1) is 7.70. The van der Waals surface area contributed by atoms with E-state index in [1.807, 2.05) is 36.4 Å². The summed E-state index contributed by atoms with van der Waals surface area (Å²) >= 11 is 0. The van der Waals surface area contributed by atoms with Gasteiger partial charge < -0.3 is 15.6 Å². The number of benzene rings is 1. The molecule has 3 nitrogen and oxygen atoms in total. The molecule has 0 aliphatic carbocycles. The zero-order valence-electron chi connectivity index (χ0n) is 9.54. The number of nitrogens with two attached hydrogens (primary N) is 1. The zero-order chi connectivity index (χ0) is 11.8. The summed E-state index contributed by atoms with van der Waals surface area (Å²) in [7, 11) is 0. The van der Waals surface area contributed by atoms with Crippen LogP contribution in [0.3, 0.4) is 0 Å². The van der Waals surface area contributed by atoms with Gasteiger partial charge >= 0.3 is 0 Å². The van der Waals surface area contributed by atoms with E-state index in [9.17, 15) is 0 Å². The predicted octanol–water partition coefficient (Wildman–Crippen LogP) is 1.47. The zero-order valence-corrected chi connectivity index (χ0v) is 9.54. The topological polar surface area (TPSA) is 55.5 Å². The van der Waals surface area contributed by atoms with Crippen LogP contribution < -0.4 is 5.73 Å². The van der Waals surface area contributed by atoms with Crippen LogP contribution in [0.1, 0.15) is 12.5 Å². The molecule has 3 heteroatoms. The maximum Gasteiger partial charge on any atom is 0.0721 e. The molecule has 0 saturated carbocycles. The Hall–Kier alpha value is -1.16. The summed E-state index contributed by atoms with van der Waals surface area (Å²) in [6.07, 6.45) is 3.07. The van der Waals surface area contributed by atoms with E-state index in [2.05, 4.69) is 0 Å². The smallest absolute Gasteiger partial charge is 0.0721 e. The third-order valence-electron chi connectivity index (χ3n) is 2.24. The standard InChI is InChI=1S/C13H19NO2/c1-11(15)13(14)8-5-9-16-10-12-6-3-2-4-7-12/h2-8,11,13,15H,9-10,14H2,1H3/b8-5+/t11-,13-/m1/s1. The summed E-state index contributed by atoms with van der Waals surface area (Å²) < 4.78 is 5.43. The van der Waals surface area contributed by atoms with Crippen molar-refractivity contribution in [1.29, 1.82) is 0 Å². The molecule has 3 N–H and O–H groups in total. The second-order valence-electron chi connectivity index (χ2n) is 3.75. The minimum absolute atomic E-state index is 0.319. The lowest BCUT2D eigenvalue weighted by molar-refractivity contribution is 0.147. The molecule has 0 heterocycles. The first kappa shape index (κ1) is 12.9. The molecular formula is C13H19NO2. The van der Waals surface area contributed by atoms with Crippen molar-refractivity contribution in [3.8, 4) is 0 Å². The molecule has 2 atom stereocenters. The summed E-state index contributed by atoms with van der Waals surface area (Å²) in [6, 6.07) is 9.66. The van der Waals surface area contributed by atoms with Crippen molar-refractivity contribution in [3.05, 3.63) is 48.0 Å². The van der Waals surface area contributed by atoms with Gasteiger partial charge in [0.05, 0.1) is 19.3 Å². The van der Waals surface area contributed by atoms with E-state index in [4.69, 9.17) is 15.6 Å². The summed E-state index contributed by atoms with van der Waals surface area (Å²) in [5.41, 5.74) is 6.77. The summed E-state index contributed by atoms with van der Waals surface area (Å²) in [5, 5.41) is 9.14. The molecule has 0 aliphatic rings.